The van der Waals surface area contributed by atoms with Crippen molar-refractivity contribution >= 4 is 6.08 Å². The molecule has 0 radical (unpaired) electrons. The highest BCUT2D eigenvalue weighted by Crippen LogP contribution is 2.09. The van der Waals surface area contributed by atoms with Crippen LogP contribution in [0.2, 0.25) is 0 Å². The molecular weight excluding hydrogens is 206 g/mol. The quantitative estimate of drug-likeness (QED) is 0.723. The highest BCUT2D eigenvalue weighted by Gasteiger charge is 1.91. The summed E-state index contributed by atoms with van der Waals surface area (Å²) in [5.41, 5.74) is 7.90. The Kier molecular flexibility index (Phi) is 10.7. The first-order valence-corrected chi connectivity index (χ1v) is 6.70. The van der Waals surface area contributed by atoms with E-state index in [9.17, 15) is 0 Å². The molecule has 96 valence electrons. The van der Waals surface area contributed by atoms with Crippen molar-refractivity contribution in [2.45, 2.75) is 46.0 Å². The lowest BCUT2D eigenvalue weighted by molar-refractivity contribution is 0.674. The average Bonchev–Trinajstić information content (AvgIpc) is 2.40. The Balaban J connectivity index is 0.000000325. The molecule has 0 heterocycles. The van der Waals surface area contributed by atoms with Crippen LogP contribution in [0, 0.1) is 0 Å². The highest BCUT2D eigenvalue weighted by atomic mass is 14.5. The second kappa shape index (κ2) is 11.4. The molecule has 1 aromatic rings. The van der Waals surface area contributed by atoms with E-state index in [0.717, 1.165) is 13.0 Å². The monoisotopic (exact) mass is 233 g/mol. The molecule has 0 aliphatic carbocycles. The fourth-order valence-electron chi connectivity index (χ4n) is 1.63. The van der Waals surface area contributed by atoms with Crippen LogP contribution in [0.4, 0.5) is 0 Å². The van der Waals surface area contributed by atoms with Gasteiger partial charge in [-0.25, -0.2) is 0 Å². The van der Waals surface area contributed by atoms with E-state index < -0.39 is 0 Å². The number of unbranched alkanes of at least 4 members (excludes halogenated alkanes) is 3. The van der Waals surface area contributed by atoms with E-state index in [1.54, 1.807) is 0 Å². The molecule has 0 unspecified atom stereocenters. The van der Waals surface area contributed by atoms with Crippen LogP contribution in [-0.2, 0) is 6.42 Å². The molecule has 0 saturated carbocycles. The lowest BCUT2D eigenvalue weighted by Crippen LogP contribution is -1.97. The number of aryl methyl sites for hydroxylation is 1. The number of hydrogen-bond donors (Lipinski definition) is 1. The molecule has 0 saturated heterocycles. The fourth-order valence-corrected chi connectivity index (χ4v) is 1.63. The van der Waals surface area contributed by atoms with E-state index in [0.29, 0.717) is 0 Å². The van der Waals surface area contributed by atoms with Crippen LogP contribution >= 0.6 is 0 Å². The summed E-state index contributed by atoms with van der Waals surface area (Å²) in [4.78, 5) is 0. The zero-order valence-corrected chi connectivity index (χ0v) is 11.4. The Hall–Kier alpha value is -1.08. The van der Waals surface area contributed by atoms with Gasteiger partial charge in [-0.2, -0.15) is 0 Å². The smallest absolute Gasteiger partial charge is 0.00773 e. The van der Waals surface area contributed by atoms with Gasteiger partial charge in [0.05, 0.1) is 0 Å². The molecule has 0 spiro atoms. The standard InChI is InChI=1S/C10H12.C6H15N/c1-3-9-7-5-6-8-10(9)4-2;1-2-3-4-5-6-7/h3,5-8H,1,4H2,2H3;2-7H2,1H3. The summed E-state index contributed by atoms with van der Waals surface area (Å²) in [7, 11) is 0. The second-order valence-electron chi connectivity index (χ2n) is 4.11. The lowest BCUT2D eigenvalue weighted by Gasteiger charge is -1.99. The molecule has 0 fully saturated rings. The molecule has 1 rings (SSSR count). The van der Waals surface area contributed by atoms with Crippen molar-refractivity contribution < 1.29 is 0 Å². The minimum absolute atomic E-state index is 0.861. The molecule has 1 heteroatoms. The molecular formula is C16H27N. The zero-order chi connectivity index (χ0) is 12.9. The highest BCUT2D eigenvalue weighted by molar-refractivity contribution is 5.51. The summed E-state index contributed by atoms with van der Waals surface area (Å²) in [6, 6.07) is 8.32. The lowest BCUT2D eigenvalue weighted by atomic mass is 10.1. The number of nitrogens with two attached hydrogens (primary N) is 1. The van der Waals surface area contributed by atoms with E-state index in [4.69, 9.17) is 5.73 Å². The first-order chi connectivity index (χ1) is 8.29. The van der Waals surface area contributed by atoms with E-state index in [2.05, 4.69) is 38.6 Å². The Morgan fingerprint density at radius 1 is 1.12 bits per heavy atom. The topological polar surface area (TPSA) is 26.0 Å². The average molecular weight is 233 g/mol. The first kappa shape index (κ1) is 15.9. The van der Waals surface area contributed by atoms with Crippen LogP contribution in [0.5, 0.6) is 0 Å². The van der Waals surface area contributed by atoms with Crippen molar-refractivity contribution in [3.05, 3.63) is 42.0 Å². The van der Waals surface area contributed by atoms with E-state index >= 15 is 0 Å². The molecule has 0 aliphatic rings. The second-order valence-corrected chi connectivity index (χ2v) is 4.11. The van der Waals surface area contributed by atoms with E-state index in [1.807, 2.05) is 12.1 Å². The van der Waals surface area contributed by atoms with Crippen LogP contribution in [-0.4, -0.2) is 6.54 Å². The van der Waals surface area contributed by atoms with E-state index in [1.165, 1.54) is 36.8 Å². The SMILES string of the molecule is C=Cc1ccccc1CC.CCCCCCN. The summed E-state index contributed by atoms with van der Waals surface area (Å²) >= 11 is 0. The van der Waals surface area contributed by atoms with Crippen LogP contribution < -0.4 is 5.73 Å². The minimum atomic E-state index is 0.861. The van der Waals surface area contributed by atoms with Gasteiger partial charge in [-0.3, -0.25) is 0 Å². The predicted molar refractivity (Wildman–Crippen MR) is 79.1 cm³/mol. The summed E-state index contributed by atoms with van der Waals surface area (Å²) in [5, 5.41) is 0. The summed E-state index contributed by atoms with van der Waals surface area (Å²) < 4.78 is 0. The van der Waals surface area contributed by atoms with Crippen LogP contribution in [0.25, 0.3) is 6.08 Å². The normalized spacial score (nSPS) is 9.35. The van der Waals surface area contributed by atoms with Crippen molar-refractivity contribution in [3.63, 3.8) is 0 Å². The predicted octanol–water partition coefficient (Wildman–Crippen LogP) is 4.42. The van der Waals surface area contributed by atoms with Crippen molar-refractivity contribution in [2.24, 2.45) is 5.73 Å². The van der Waals surface area contributed by atoms with Gasteiger partial charge in [0.25, 0.3) is 0 Å². The zero-order valence-electron chi connectivity index (χ0n) is 11.4. The minimum Gasteiger partial charge on any atom is -0.330 e. The maximum absolute atomic E-state index is 5.27. The summed E-state index contributed by atoms with van der Waals surface area (Å²) in [6.45, 7) is 8.96. The van der Waals surface area contributed by atoms with Crippen molar-refractivity contribution in [2.75, 3.05) is 6.54 Å². The van der Waals surface area contributed by atoms with Crippen molar-refractivity contribution in [1.82, 2.24) is 0 Å². The number of rotatable bonds is 6. The summed E-state index contributed by atoms with van der Waals surface area (Å²) in [6.07, 6.45) is 8.15. The molecule has 17 heavy (non-hydrogen) atoms. The van der Waals surface area contributed by atoms with Gasteiger partial charge in [-0.15, -0.1) is 0 Å². The molecule has 0 atom stereocenters. The van der Waals surface area contributed by atoms with Gasteiger partial charge in [0.15, 0.2) is 0 Å². The molecule has 0 bridgehead atoms. The first-order valence-electron chi connectivity index (χ1n) is 6.70. The van der Waals surface area contributed by atoms with Gasteiger partial charge < -0.3 is 5.73 Å². The van der Waals surface area contributed by atoms with Gasteiger partial charge in [0.2, 0.25) is 0 Å². The largest absolute Gasteiger partial charge is 0.330 e. The van der Waals surface area contributed by atoms with Crippen LogP contribution in [0.3, 0.4) is 0 Å². The molecule has 0 aromatic heterocycles. The van der Waals surface area contributed by atoms with Gasteiger partial charge in [0, 0.05) is 0 Å². The maximum Gasteiger partial charge on any atom is -0.00773 e. The molecule has 1 aromatic carbocycles. The third-order valence-electron chi connectivity index (χ3n) is 2.71. The van der Waals surface area contributed by atoms with Gasteiger partial charge in [-0.1, -0.05) is 70.0 Å². The Morgan fingerprint density at radius 2 is 1.82 bits per heavy atom. The molecule has 0 amide bonds. The Labute approximate surface area is 107 Å². The van der Waals surface area contributed by atoms with Crippen LogP contribution in [0.15, 0.2) is 30.8 Å². The van der Waals surface area contributed by atoms with Gasteiger partial charge >= 0.3 is 0 Å². The number of benzene rings is 1. The Bertz CT molecular complexity index is 287. The van der Waals surface area contributed by atoms with Crippen LogP contribution in [0.1, 0.15) is 50.7 Å². The fraction of sp³-hybridized carbons (Fsp3) is 0.500. The third kappa shape index (κ3) is 7.76. The van der Waals surface area contributed by atoms with E-state index in [-0.39, 0.29) is 0 Å². The van der Waals surface area contributed by atoms with Crippen molar-refractivity contribution in [1.29, 1.82) is 0 Å². The van der Waals surface area contributed by atoms with Crippen molar-refractivity contribution in [3.8, 4) is 0 Å². The molecule has 2 N–H and O–H groups in total. The molecule has 0 aliphatic heterocycles. The van der Waals surface area contributed by atoms with Gasteiger partial charge in [0.1, 0.15) is 0 Å². The Morgan fingerprint density at radius 3 is 2.29 bits per heavy atom. The summed E-state index contributed by atoms with van der Waals surface area (Å²) in [5.74, 6) is 0. The van der Waals surface area contributed by atoms with Gasteiger partial charge in [-0.05, 0) is 30.5 Å². The maximum atomic E-state index is 5.27. The molecule has 1 nitrogen and oxygen atoms in total. The number of hydrogen-bond acceptors (Lipinski definition) is 1. The third-order valence-corrected chi connectivity index (χ3v) is 2.71.